The lowest BCUT2D eigenvalue weighted by Crippen LogP contribution is -2.57. The van der Waals surface area contributed by atoms with E-state index in [9.17, 15) is 20.1 Å². The first kappa shape index (κ1) is 28.8. The molecular weight excluding hydrogens is 464 g/mol. The number of hydrogen-bond donors (Lipinski definition) is 3. The van der Waals surface area contributed by atoms with Crippen molar-refractivity contribution in [1.29, 1.82) is 0 Å². The molecule has 0 spiro atoms. The average Bonchev–Trinajstić information content (AvgIpc) is 3.14. The molecule has 5 heteroatoms. The lowest BCUT2D eigenvalue weighted by atomic mass is 9.43. The molecule has 2 saturated carbocycles. The topological polar surface area (TPSA) is 87.0 Å². The molecule has 4 aliphatic rings. The summed E-state index contributed by atoms with van der Waals surface area (Å²) in [4.78, 5) is 12.0. The highest BCUT2D eigenvalue weighted by Crippen LogP contribution is 2.72. The van der Waals surface area contributed by atoms with Crippen LogP contribution in [0.2, 0.25) is 0 Å². The van der Waals surface area contributed by atoms with E-state index in [1.807, 2.05) is 13.0 Å². The number of aliphatic hydroxyl groups is 3. The molecule has 8 unspecified atom stereocenters. The maximum Gasteiger partial charge on any atom is 0.302 e. The zero-order valence-electron chi connectivity index (χ0n) is 24.4. The largest absolute Gasteiger partial charge is 0.465 e. The van der Waals surface area contributed by atoms with Gasteiger partial charge in [0, 0.05) is 12.3 Å². The van der Waals surface area contributed by atoms with Crippen LogP contribution in [0.1, 0.15) is 106 Å². The van der Waals surface area contributed by atoms with Gasteiger partial charge in [0.15, 0.2) is 0 Å². The Labute approximate surface area is 224 Å². The van der Waals surface area contributed by atoms with Gasteiger partial charge in [0.2, 0.25) is 0 Å². The summed E-state index contributed by atoms with van der Waals surface area (Å²) in [6.45, 7) is 15.5. The number of hydrogen-bond acceptors (Lipinski definition) is 5. The Bertz CT molecular complexity index is 949. The third-order valence-electron chi connectivity index (χ3n) is 12.3. The van der Waals surface area contributed by atoms with Gasteiger partial charge in [-0.1, -0.05) is 57.4 Å². The number of carbonyl (C=O) groups is 1. The van der Waals surface area contributed by atoms with Crippen molar-refractivity contribution in [2.24, 2.45) is 39.4 Å². The predicted octanol–water partition coefficient (Wildman–Crippen LogP) is 5.97. The van der Waals surface area contributed by atoms with Crippen molar-refractivity contribution in [2.45, 2.75) is 118 Å². The first-order valence-electron chi connectivity index (χ1n) is 14.7. The summed E-state index contributed by atoms with van der Waals surface area (Å²) in [7, 11) is 0. The van der Waals surface area contributed by atoms with Crippen LogP contribution in [-0.2, 0) is 9.53 Å². The van der Waals surface area contributed by atoms with E-state index >= 15 is 0 Å². The van der Waals surface area contributed by atoms with E-state index in [0.29, 0.717) is 24.9 Å². The van der Waals surface area contributed by atoms with Crippen LogP contribution in [0.15, 0.2) is 22.8 Å². The number of aliphatic hydroxyl groups excluding tert-OH is 3. The lowest BCUT2D eigenvalue weighted by molar-refractivity contribution is -0.156. The Morgan fingerprint density at radius 2 is 1.76 bits per heavy atom. The highest BCUT2D eigenvalue weighted by Gasteiger charge is 2.64. The SMILES string of the molecule is CC(=O)OCC12CCC(O)C(C)(C)C1CCC1=C2CCC2(C)C(C(C)C(O)CC=C(C)CO)CCC12C. The molecule has 5 nitrogen and oxygen atoms in total. The van der Waals surface area contributed by atoms with Crippen LogP contribution in [-0.4, -0.2) is 46.7 Å². The number of esters is 1. The first-order chi connectivity index (χ1) is 17.2. The molecule has 0 heterocycles. The molecule has 0 saturated heterocycles. The van der Waals surface area contributed by atoms with E-state index in [1.54, 1.807) is 11.1 Å². The van der Waals surface area contributed by atoms with E-state index in [-0.39, 0.29) is 46.3 Å². The summed E-state index contributed by atoms with van der Waals surface area (Å²) in [6, 6.07) is 0. The molecule has 0 aromatic heterocycles. The van der Waals surface area contributed by atoms with Crippen LogP contribution in [0, 0.1) is 39.4 Å². The fourth-order valence-electron chi connectivity index (χ4n) is 9.64. The van der Waals surface area contributed by atoms with Gasteiger partial charge < -0.3 is 20.1 Å². The Balaban J connectivity index is 1.71. The minimum Gasteiger partial charge on any atom is -0.465 e. The molecule has 3 N–H and O–H groups in total. The first-order valence-corrected chi connectivity index (χ1v) is 14.7. The Hall–Kier alpha value is -1.17. The van der Waals surface area contributed by atoms with Gasteiger partial charge in [-0.3, -0.25) is 4.79 Å². The van der Waals surface area contributed by atoms with Gasteiger partial charge in [-0.15, -0.1) is 0 Å². The van der Waals surface area contributed by atoms with E-state index in [2.05, 4.69) is 34.6 Å². The zero-order valence-corrected chi connectivity index (χ0v) is 24.4. The van der Waals surface area contributed by atoms with Crippen molar-refractivity contribution in [1.82, 2.24) is 0 Å². The molecule has 0 bridgehead atoms. The molecule has 4 aliphatic carbocycles. The molecule has 4 rings (SSSR count). The molecule has 0 aromatic carbocycles. The van der Waals surface area contributed by atoms with Crippen LogP contribution in [0.5, 0.6) is 0 Å². The Morgan fingerprint density at radius 1 is 1.05 bits per heavy atom. The standard InChI is InChI=1S/C32H52O5/c1-20(18-33)8-10-26(35)21(2)23-12-15-31(7)24-9-11-27-29(4,5)28(36)14-17-32(27,19-37-22(3)34)25(24)13-16-30(23,31)6/h8,21,23,26-28,33,35-36H,9-19H2,1-7H3. The van der Waals surface area contributed by atoms with Gasteiger partial charge in [-0.2, -0.15) is 0 Å². The Kier molecular flexibility index (Phi) is 7.87. The molecule has 0 aliphatic heterocycles. The summed E-state index contributed by atoms with van der Waals surface area (Å²) < 4.78 is 5.82. The minimum absolute atomic E-state index is 0.0428. The van der Waals surface area contributed by atoms with E-state index in [4.69, 9.17) is 4.74 Å². The maximum atomic E-state index is 12.0. The van der Waals surface area contributed by atoms with Gasteiger partial charge in [0.05, 0.1) is 18.8 Å². The van der Waals surface area contributed by atoms with E-state index in [1.165, 1.54) is 6.92 Å². The Morgan fingerprint density at radius 3 is 2.41 bits per heavy atom. The highest BCUT2D eigenvalue weighted by molar-refractivity contribution is 5.66. The van der Waals surface area contributed by atoms with Crippen molar-refractivity contribution in [3.63, 3.8) is 0 Å². The predicted molar refractivity (Wildman–Crippen MR) is 147 cm³/mol. The molecule has 2 fully saturated rings. The van der Waals surface area contributed by atoms with Crippen LogP contribution in [0.25, 0.3) is 0 Å². The molecule has 8 atom stereocenters. The van der Waals surface area contributed by atoms with Gasteiger partial charge >= 0.3 is 5.97 Å². The monoisotopic (exact) mass is 516 g/mol. The number of carbonyl (C=O) groups excluding carboxylic acids is 1. The number of fused-ring (bicyclic) bond motifs is 4. The van der Waals surface area contributed by atoms with E-state index < -0.39 is 6.10 Å². The fraction of sp³-hybridized carbons (Fsp3) is 0.844. The molecule has 0 aromatic rings. The van der Waals surface area contributed by atoms with Gasteiger partial charge in [-0.05, 0) is 98.7 Å². The van der Waals surface area contributed by atoms with Crippen molar-refractivity contribution in [2.75, 3.05) is 13.2 Å². The quantitative estimate of drug-likeness (QED) is 0.287. The maximum absolute atomic E-state index is 12.0. The third kappa shape index (κ3) is 4.45. The van der Waals surface area contributed by atoms with Crippen LogP contribution in [0.3, 0.4) is 0 Å². The number of allylic oxidation sites excluding steroid dienone is 1. The summed E-state index contributed by atoms with van der Waals surface area (Å²) in [5.41, 5.74) is 3.86. The third-order valence-corrected chi connectivity index (χ3v) is 12.3. The van der Waals surface area contributed by atoms with Crippen molar-refractivity contribution in [3.8, 4) is 0 Å². The van der Waals surface area contributed by atoms with Crippen molar-refractivity contribution in [3.05, 3.63) is 22.8 Å². The lowest BCUT2D eigenvalue weighted by Gasteiger charge is -2.62. The molecular formula is C32H52O5. The molecule has 37 heavy (non-hydrogen) atoms. The van der Waals surface area contributed by atoms with Crippen LogP contribution < -0.4 is 0 Å². The minimum atomic E-state index is -0.410. The number of rotatable bonds is 7. The van der Waals surface area contributed by atoms with Gasteiger partial charge in [0.1, 0.15) is 6.61 Å². The summed E-state index contributed by atoms with van der Waals surface area (Å²) >= 11 is 0. The van der Waals surface area contributed by atoms with Crippen LogP contribution in [0.4, 0.5) is 0 Å². The van der Waals surface area contributed by atoms with Gasteiger partial charge in [-0.25, -0.2) is 0 Å². The normalized spacial score (nSPS) is 40.9. The average molecular weight is 517 g/mol. The summed E-state index contributed by atoms with van der Waals surface area (Å²) in [6.07, 6.45) is 9.94. The second-order valence-electron chi connectivity index (χ2n) is 14.1. The van der Waals surface area contributed by atoms with Crippen molar-refractivity contribution >= 4 is 5.97 Å². The second-order valence-corrected chi connectivity index (χ2v) is 14.1. The van der Waals surface area contributed by atoms with Gasteiger partial charge in [0.25, 0.3) is 0 Å². The summed E-state index contributed by atoms with van der Waals surface area (Å²) in [5.74, 6) is 0.711. The van der Waals surface area contributed by atoms with Crippen LogP contribution >= 0.6 is 0 Å². The summed E-state index contributed by atoms with van der Waals surface area (Å²) in [5, 5.41) is 31.5. The second kappa shape index (κ2) is 10.1. The smallest absolute Gasteiger partial charge is 0.302 e. The highest BCUT2D eigenvalue weighted by atomic mass is 16.5. The fourth-order valence-corrected chi connectivity index (χ4v) is 9.64. The van der Waals surface area contributed by atoms with Crippen molar-refractivity contribution < 1.29 is 24.9 Å². The molecule has 0 amide bonds. The zero-order chi connectivity index (χ0) is 27.4. The molecule has 0 radical (unpaired) electrons. The van der Waals surface area contributed by atoms with E-state index in [0.717, 1.165) is 56.9 Å². The number of ether oxygens (including phenoxy) is 1. The molecule has 210 valence electrons.